The molecule has 1 aromatic heterocycles. The van der Waals surface area contributed by atoms with Crippen molar-refractivity contribution in [2.45, 2.75) is 19.8 Å². The molecule has 19 heavy (non-hydrogen) atoms. The van der Waals surface area contributed by atoms with Gasteiger partial charge in [0.2, 0.25) is 0 Å². The number of para-hydroxylation sites is 2. The van der Waals surface area contributed by atoms with Crippen LogP contribution in [0.4, 0.5) is 5.82 Å². The number of aromatic nitrogens is 2. The van der Waals surface area contributed by atoms with Crippen LogP contribution < -0.4 is 10.6 Å². The smallest absolute Gasteiger partial charge is 0.150 e. The van der Waals surface area contributed by atoms with Crippen LogP contribution in [0.1, 0.15) is 18.5 Å². The summed E-state index contributed by atoms with van der Waals surface area (Å²) in [7, 11) is 0. The predicted octanol–water partition coefficient (Wildman–Crippen LogP) is 2.11. The largest absolute Gasteiger partial charge is 0.355 e. The fourth-order valence-electron chi connectivity index (χ4n) is 2.87. The highest BCUT2D eigenvalue weighted by atomic mass is 15.2. The van der Waals surface area contributed by atoms with Crippen LogP contribution in [0.15, 0.2) is 24.3 Å². The maximum Gasteiger partial charge on any atom is 0.150 e. The summed E-state index contributed by atoms with van der Waals surface area (Å²) in [5.74, 6) is 1.75. The molecule has 2 heterocycles. The Morgan fingerprint density at radius 2 is 2.00 bits per heavy atom. The SMILES string of the molecule is Cc1nc2ccccc2nc1N1CCC(CCN)C1. The van der Waals surface area contributed by atoms with Crippen LogP contribution >= 0.6 is 0 Å². The van der Waals surface area contributed by atoms with Crippen molar-refractivity contribution in [2.24, 2.45) is 11.7 Å². The normalized spacial score (nSPS) is 19.3. The van der Waals surface area contributed by atoms with E-state index < -0.39 is 0 Å². The topological polar surface area (TPSA) is 55.0 Å². The van der Waals surface area contributed by atoms with Crippen LogP contribution in [-0.4, -0.2) is 29.6 Å². The molecule has 0 amide bonds. The molecule has 2 aromatic rings. The van der Waals surface area contributed by atoms with E-state index in [2.05, 4.69) is 9.88 Å². The van der Waals surface area contributed by atoms with Crippen LogP contribution in [0, 0.1) is 12.8 Å². The minimum Gasteiger partial charge on any atom is -0.355 e. The van der Waals surface area contributed by atoms with Gasteiger partial charge in [0.1, 0.15) is 0 Å². The highest BCUT2D eigenvalue weighted by molar-refractivity contribution is 5.76. The minimum absolute atomic E-state index is 0.706. The second-order valence-corrected chi connectivity index (χ2v) is 5.30. The van der Waals surface area contributed by atoms with E-state index >= 15 is 0 Å². The molecule has 1 saturated heterocycles. The number of aryl methyl sites for hydroxylation is 1. The van der Waals surface area contributed by atoms with Crippen molar-refractivity contribution in [1.82, 2.24) is 9.97 Å². The molecule has 3 rings (SSSR count). The van der Waals surface area contributed by atoms with E-state index in [-0.39, 0.29) is 0 Å². The summed E-state index contributed by atoms with van der Waals surface area (Å²) in [5.41, 5.74) is 8.62. The molecular formula is C15H20N4. The third-order valence-corrected chi connectivity index (χ3v) is 3.88. The number of nitrogens with two attached hydrogens (primary N) is 1. The number of hydrogen-bond donors (Lipinski definition) is 1. The molecule has 1 unspecified atom stereocenters. The van der Waals surface area contributed by atoms with E-state index in [1.807, 2.05) is 31.2 Å². The number of anilines is 1. The van der Waals surface area contributed by atoms with Gasteiger partial charge in [0.05, 0.1) is 16.7 Å². The van der Waals surface area contributed by atoms with Crippen molar-refractivity contribution in [3.8, 4) is 0 Å². The Labute approximate surface area is 113 Å². The standard InChI is InChI=1S/C15H20N4/c1-11-15(19-9-7-12(10-19)6-8-16)18-14-5-3-2-4-13(14)17-11/h2-5,12H,6-10,16H2,1H3. The van der Waals surface area contributed by atoms with E-state index in [0.717, 1.165) is 48.6 Å². The summed E-state index contributed by atoms with van der Waals surface area (Å²) in [6.45, 7) is 4.95. The first kappa shape index (κ1) is 12.4. The molecule has 1 aromatic carbocycles. The third kappa shape index (κ3) is 2.40. The highest BCUT2D eigenvalue weighted by Crippen LogP contribution is 2.27. The molecule has 4 heteroatoms. The van der Waals surface area contributed by atoms with Gasteiger partial charge in [-0.05, 0) is 44.4 Å². The summed E-state index contributed by atoms with van der Waals surface area (Å²) in [4.78, 5) is 11.8. The summed E-state index contributed by atoms with van der Waals surface area (Å²) in [5, 5.41) is 0. The van der Waals surface area contributed by atoms with Crippen molar-refractivity contribution < 1.29 is 0 Å². The zero-order valence-corrected chi connectivity index (χ0v) is 11.3. The summed E-state index contributed by atoms with van der Waals surface area (Å²) in [6.07, 6.45) is 2.32. The highest BCUT2D eigenvalue weighted by Gasteiger charge is 2.24. The van der Waals surface area contributed by atoms with Gasteiger partial charge in [0.25, 0.3) is 0 Å². The lowest BCUT2D eigenvalue weighted by molar-refractivity contribution is 0.546. The van der Waals surface area contributed by atoms with Crippen LogP contribution in [0.5, 0.6) is 0 Å². The van der Waals surface area contributed by atoms with Gasteiger partial charge >= 0.3 is 0 Å². The van der Waals surface area contributed by atoms with Crippen molar-refractivity contribution in [3.63, 3.8) is 0 Å². The van der Waals surface area contributed by atoms with Crippen molar-refractivity contribution in [2.75, 3.05) is 24.5 Å². The van der Waals surface area contributed by atoms with E-state index in [9.17, 15) is 0 Å². The zero-order valence-electron chi connectivity index (χ0n) is 11.3. The van der Waals surface area contributed by atoms with Gasteiger partial charge in [-0.2, -0.15) is 0 Å². The van der Waals surface area contributed by atoms with Crippen LogP contribution in [-0.2, 0) is 0 Å². The second-order valence-electron chi connectivity index (χ2n) is 5.30. The number of nitrogens with zero attached hydrogens (tertiary/aromatic N) is 3. The van der Waals surface area contributed by atoms with Gasteiger partial charge in [0.15, 0.2) is 5.82 Å². The molecule has 0 spiro atoms. The zero-order chi connectivity index (χ0) is 13.2. The van der Waals surface area contributed by atoms with Gasteiger partial charge in [0, 0.05) is 13.1 Å². The van der Waals surface area contributed by atoms with Gasteiger partial charge in [-0.15, -0.1) is 0 Å². The van der Waals surface area contributed by atoms with Crippen molar-refractivity contribution >= 4 is 16.9 Å². The maximum absolute atomic E-state index is 5.65. The third-order valence-electron chi connectivity index (χ3n) is 3.88. The Morgan fingerprint density at radius 1 is 1.26 bits per heavy atom. The summed E-state index contributed by atoms with van der Waals surface area (Å²) < 4.78 is 0. The molecular weight excluding hydrogens is 236 g/mol. The molecule has 0 saturated carbocycles. The van der Waals surface area contributed by atoms with E-state index in [1.54, 1.807) is 0 Å². The first-order chi connectivity index (χ1) is 9.28. The van der Waals surface area contributed by atoms with Crippen LogP contribution in [0.3, 0.4) is 0 Å². The number of hydrogen-bond acceptors (Lipinski definition) is 4. The molecule has 100 valence electrons. The minimum atomic E-state index is 0.706. The Hall–Kier alpha value is -1.68. The average Bonchev–Trinajstić information content (AvgIpc) is 2.87. The maximum atomic E-state index is 5.65. The number of fused-ring (bicyclic) bond motifs is 1. The molecule has 0 aliphatic carbocycles. The predicted molar refractivity (Wildman–Crippen MR) is 78.3 cm³/mol. The van der Waals surface area contributed by atoms with E-state index in [0.29, 0.717) is 5.92 Å². The van der Waals surface area contributed by atoms with Crippen molar-refractivity contribution in [3.05, 3.63) is 30.0 Å². The monoisotopic (exact) mass is 256 g/mol. The first-order valence-corrected chi connectivity index (χ1v) is 6.96. The van der Waals surface area contributed by atoms with Crippen LogP contribution in [0.25, 0.3) is 11.0 Å². The molecule has 1 aliphatic heterocycles. The molecule has 4 nitrogen and oxygen atoms in total. The van der Waals surface area contributed by atoms with Gasteiger partial charge in [-0.25, -0.2) is 9.97 Å². The second kappa shape index (κ2) is 5.13. The van der Waals surface area contributed by atoms with Gasteiger partial charge in [-0.3, -0.25) is 0 Å². The number of benzene rings is 1. The number of rotatable bonds is 3. The van der Waals surface area contributed by atoms with E-state index in [4.69, 9.17) is 10.7 Å². The van der Waals surface area contributed by atoms with Gasteiger partial charge < -0.3 is 10.6 Å². The van der Waals surface area contributed by atoms with E-state index in [1.165, 1.54) is 6.42 Å². The fraction of sp³-hybridized carbons (Fsp3) is 0.467. The summed E-state index contributed by atoms with van der Waals surface area (Å²) in [6, 6.07) is 8.06. The molecule has 1 aliphatic rings. The molecule has 1 fully saturated rings. The average molecular weight is 256 g/mol. The Morgan fingerprint density at radius 3 is 2.74 bits per heavy atom. The Bertz CT molecular complexity index is 581. The molecule has 1 atom stereocenters. The summed E-state index contributed by atoms with van der Waals surface area (Å²) >= 11 is 0. The molecule has 0 radical (unpaired) electrons. The fourth-order valence-corrected chi connectivity index (χ4v) is 2.87. The Balaban J connectivity index is 1.90. The Kier molecular flexibility index (Phi) is 3.34. The lowest BCUT2D eigenvalue weighted by atomic mass is 10.1. The molecule has 2 N–H and O–H groups in total. The lowest BCUT2D eigenvalue weighted by Crippen LogP contribution is -2.23. The first-order valence-electron chi connectivity index (χ1n) is 6.96. The van der Waals surface area contributed by atoms with Gasteiger partial charge in [-0.1, -0.05) is 12.1 Å². The van der Waals surface area contributed by atoms with Crippen molar-refractivity contribution in [1.29, 1.82) is 0 Å². The lowest BCUT2D eigenvalue weighted by Gasteiger charge is -2.19. The quantitative estimate of drug-likeness (QED) is 0.914. The molecule has 0 bridgehead atoms. The van der Waals surface area contributed by atoms with Crippen LogP contribution in [0.2, 0.25) is 0 Å².